The van der Waals surface area contributed by atoms with Gasteiger partial charge in [-0.25, -0.2) is 4.68 Å². The van der Waals surface area contributed by atoms with Gasteiger partial charge in [0.2, 0.25) is 0 Å². The van der Waals surface area contributed by atoms with Crippen LogP contribution >= 0.6 is 0 Å². The quantitative estimate of drug-likeness (QED) is 0.671. The summed E-state index contributed by atoms with van der Waals surface area (Å²) in [4.78, 5) is 11.0. The Kier molecular flexibility index (Phi) is 3.53. The van der Waals surface area contributed by atoms with E-state index in [0.29, 0.717) is 17.1 Å². The van der Waals surface area contributed by atoms with Crippen molar-refractivity contribution in [3.05, 3.63) is 59.9 Å². The van der Waals surface area contributed by atoms with Crippen LogP contribution in [0.1, 0.15) is 21.7 Å². The minimum absolute atomic E-state index is 0.108. The summed E-state index contributed by atoms with van der Waals surface area (Å²) in [6.45, 7) is 1.88. The van der Waals surface area contributed by atoms with Gasteiger partial charge >= 0.3 is 0 Å². The van der Waals surface area contributed by atoms with E-state index in [1.165, 1.54) is 35.7 Å². The lowest BCUT2D eigenvalue weighted by Gasteiger charge is -2.07. The highest BCUT2D eigenvalue weighted by atomic mass is 16.4. The highest BCUT2D eigenvalue weighted by molar-refractivity contribution is 5.88. The average molecular weight is 295 g/mol. The molecule has 22 heavy (non-hydrogen) atoms. The highest BCUT2D eigenvalue weighted by Crippen LogP contribution is 2.26. The highest BCUT2D eigenvalue weighted by Gasteiger charge is 2.08. The molecule has 0 N–H and O–H groups in total. The van der Waals surface area contributed by atoms with E-state index in [2.05, 4.69) is 15.3 Å². The fraction of sp³-hybridized carbons (Fsp3) is 0.0667. The largest absolute Gasteiger partial charge is 0.545 e. The van der Waals surface area contributed by atoms with Crippen LogP contribution in [-0.4, -0.2) is 27.1 Å². The third-order valence-corrected chi connectivity index (χ3v) is 3.09. The number of aromatic nitrogens is 3. The maximum Gasteiger partial charge on any atom is 0.147 e. The number of carboxylic acid groups (broad SMARTS) is 1. The molecule has 0 radical (unpaired) electrons. The summed E-state index contributed by atoms with van der Waals surface area (Å²) < 4.78 is 7.10. The molecule has 0 aliphatic carbocycles. The molecule has 0 bridgehead atoms. The van der Waals surface area contributed by atoms with Crippen molar-refractivity contribution in [2.24, 2.45) is 5.10 Å². The van der Waals surface area contributed by atoms with Crippen LogP contribution in [0, 0.1) is 6.92 Å². The standard InChI is InChI=1S/C15H12N4O3/c1-10-2-3-11(15(20)21)6-13(10)14-5-4-12(22-14)7-18-19-8-16-17-9-19/h2-9H,1H3,(H,20,21)/p-1/b18-7-. The molecule has 0 saturated heterocycles. The van der Waals surface area contributed by atoms with Crippen LogP contribution in [0.5, 0.6) is 0 Å². The van der Waals surface area contributed by atoms with Crippen molar-refractivity contribution in [1.29, 1.82) is 0 Å². The van der Waals surface area contributed by atoms with Crippen molar-refractivity contribution in [1.82, 2.24) is 14.9 Å². The summed E-state index contributed by atoms with van der Waals surface area (Å²) in [6, 6.07) is 8.26. The molecule has 2 aromatic heterocycles. The molecule has 7 nitrogen and oxygen atoms in total. The Morgan fingerprint density at radius 2 is 2.05 bits per heavy atom. The van der Waals surface area contributed by atoms with Crippen molar-refractivity contribution >= 4 is 12.2 Å². The number of carbonyl (C=O) groups excluding carboxylic acids is 1. The van der Waals surface area contributed by atoms with Crippen LogP contribution in [0.25, 0.3) is 11.3 Å². The number of carboxylic acids is 1. The fourth-order valence-corrected chi connectivity index (χ4v) is 1.96. The number of aromatic carboxylic acids is 1. The molecule has 0 saturated carbocycles. The van der Waals surface area contributed by atoms with Gasteiger partial charge in [-0.15, -0.1) is 10.2 Å². The monoisotopic (exact) mass is 295 g/mol. The van der Waals surface area contributed by atoms with Crippen molar-refractivity contribution < 1.29 is 14.3 Å². The Hall–Kier alpha value is -3.22. The second-order valence-electron chi connectivity index (χ2n) is 4.61. The zero-order valence-corrected chi connectivity index (χ0v) is 11.6. The van der Waals surface area contributed by atoms with E-state index in [1.54, 1.807) is 18.2 Å². The fourth-order valence-electron chi connectivity index (χ4n) is 1.96. The lowest BCUT2D eigenvalue weighted by Crippen LogP contribution is -2.22. The first kappa shape index (κ1) is 13.7. The molecule has 110 valence electrons. The molecule has 0 aliphatic rings. The Morgan fingerprint density at radius 1 is 1.27 bits per heavy atom. The van der Waals surface area contributed by atoms with Gasteiger partial charge in [0, 0.05) is 5.56 Å². The summed E-state index contributed by atoms with van der Waals surface area (Å²) >= 11 is 0. The second kappa shape index (κ2) is 5.65. The number of furan rings is 1. The van der Waals surface area contributed by atoms with Crippen LogP contribution in [0.15, 0.2) is 52.5 Å². The van der Waals surface area contributed by atoms with Gasteiger partial charge in [-0.3, -0.25) is 0 Å². The molecule has 0 fully saturated rings. The Morgan fingerprint density at radius 3 is 2.77 bits per heavy atom. The van der Waals surface area contributed by atoms with E-state index in [-0.39, 0.29) is 5.56 Å². The Bertz CT molecular complexity index is 834. The van der Waals surface area contributed by atoms with Crippen molar-refractivity contribution in [3.63, 3.8) is 0 Å². The van der Waals surface area contributed by atoms with E-state index in [4.69, 9.17) is 4.42 Å². The number of hydrogen-bond acceptors (Lipinski definition) is 6. The molecule has 0 unspecified atom stereocenters. The summed E-state index contributed by atoms with van der Waals surface area (Å²) in [7, 11) is 0. The number of rotatable bonds is 4. The molecule has 0 amide bonds. The summed E-state index contributed by atoms with van der Waals surface area (Å²) in [5.74, 6) is -0.130. The van der Waals surface area contributed by atoms with Gasteiger partial charge in [-0.1, -0.05) is 12.1 Å². The van der Waals surface area contributed by atoms with Crippen LogP contribution in [0.3, 0.4) is 0 Å². The molecule has 3 rings (SSSR count). The van der Waals surface area contributed by atoms with E-state index in [0.717, 1.165) is 5.56 Å². The Labute approximate surface area is 125 Å². The molecule has 3 aromatic rings. The smallest absolute Gasteiger partial charge is 0.147 e. The third-order valence-electron chi connectivity index (χ3n) is 3.09. The van der Waals surface area contributed by atoms with Crippen molar-refractivity contribution in [2.75, 3.05) is 0 Å². The van der Waals surface area contributed by atoms with Crippen LogP contribution in [0.4, 0.5) is 0 Å². The lowest BCUT2D eigenvalue weighted by atomic mass is 10.0. The summed E-state index contributed by atoms with van der Waals surface area (Å²) in [6.07, 6.45) is 4.42. The molecular formula is C15H11N4O3-. The van der Waals surface area contributed by atoms with E-state index >= 15 is 0 Å². The molecule has 1 aromatic carbocycles. The van der Waals surface area contributed by atoms with Gasteiger partial charge in [-0.2, -0.15) is 5.10 Å². The zero-order valence-electron chi connectivity index (χ0n) is 11.6. The Balaban J connectivity index is 1.90. The number of benzene rings is 1. The molecular weight excluding hydrogens is 284 g/mol. The minimum Gasteiger partial charge on any atom is -0.545 e. The van der Waals surface area contributed by atoms with Gasteiger partial charge in [0.1, 0.15) is 24.2 Å². The second-order valence-corrected chi connectivity index (χ2v) is 4.61. The van der Waals surface area contributed by atoms with Gasteiger partial charge in [0.05, 0.1) is 12.2 Å². The van der Waals surface area contributed by atoms with E-state index in [1.807, 2.05) is 6.92 Å². The first-order valence-electron chi connectivity index (χ1n) is 6.44. The third kappa shape index (κ3) is 2.78. The van der Waals surface area contributed by atoms with E-state index in [9.17, 15) is 9.90 Å². The molecule has 0 aliphatic heterocycles. The summed E-state index contributed by atoms with van der Waals surface area (Å²) in [5.41, 5.74) is 1.71. The van der Waals surface area contributed by atoms with Crippen LogP contribution in [0.2, 0.25) is 0 Å². The van der Waals surface area contributed by atoms with E-state index < -0.39 is 5.97 Å². The molecule has 2 heterocycles. The molecule has 7 heteroatoms. The lowest BCUT2D eigenvalue weighted by molar-refractivity contribution is -0.255. The first-order chi connectivity index (χ1) is 10.6. The van der Waals surface area contributed by atoms with Gasteiger partial charge in [0.15, 0.2) is 0 Å². The predicted octanol–water partition coefficient (Wildman–Crippen LogP) is 1.09. The maximum atomic E-state index is 11.0. The maximum absolute atomic E-state index is 11.0. The molecule has 0 atom stereocenters. The zero-order chi connectivity index (χ0) is 15.5. The summed E-state index contributed by atoms with van der Waals surface area (Å²) in [5, 5.41) is 22.3. The molecule has 0 spiro atoms. The number of nitrogens with zero attached hydrogens (tertiary/aromatic N) is 4. The van der Waals surface area contributed by atoms with Gasteiger partial charge < -0.3 is 14.3 Å². The van der Waals surface area contributed by atoms with Crippen LogP contribution < -0.4 is 5.11 Å². The van der Waals surface area contributed by atoms with Gasteiger partial charge in [0.25, 0.3) is 0 Å². The first-order valence-corrected chi connectivity index (χ1v) is 6.44. The average Bonchev–Trinajstić information content (AvgIpc) is 3.17. The SMILES string of the molecule is Cc1ccc(C(=O)[O-])cc1-c1ccc(/C=N\n2cnnc2)o1. The number of aryl methyl sites for hydroxylation is 1. The minimum atomic E-state index is -1.22. The van der Waals surface area contributed by atoms with Crippen molar-refractivity contribution in [2.45, 2.75) is 6.92 Å². The normalized spacial score (nSPS) is 11.1. The topological polar surface area (TPSA) is 96.3 Å². The number of carbonyl (C=O) groups is 1. The van der Waals surface area contributed by atoms with Gasteiger partial charge in [-0.05, 0) is 36.2 Å². The van der Waals surface area contributed by atoms with Crippen LogP contribution in [-0.2, 0) is 0 Å². The van der Waals surface area contributed by atoms with Crippen molar-refractivity contribution in [3.8, 4) is 11.3 Å². The number of hydrogen-bond donors (Lipinski definition) is 0. The predicted molar refractivity (Wildman–Crippen MR) is 76.2 cm³/mol.